The molecule has 0 saturated heterocycles. The lowest BCUT2D eigenvalue weighted by Gasteiger charge is -2.14. The first-order chi connectivity index (χ1) is 18.9. The summed E-state index contributed by atoms with van der Waals surface area (Å²) in [5.41, 5.74) is 3.62. The molecule has 3 N–H and O–H groups in total. The van der Waals surface area contributed by atoms with Crippen LogP contribution in [-0.4, -0.2) is 26.7 Å². The van der Waals surface area contributed by atoms with Crippen molar-refractivity contribution in [3.8, 4) is 11.4 Å². The van der Waals surface area contributed by atoms with Gasteiger partial charge in [-0.15, -0.1) is 0 Å². The Labute approximate surface area is 242 Å². The number of pyridine rings is 1. The molecule has 0 unspecified atom stereocenters. The monoisotopic (exact) mass is 580 g/mol. The van der Waals surface area contributed by atoms with Gasteiger partial charge in [-0.05, 0) is 48.9 Å². The van der Waals surface area contributed by atoms with Crippen molar-refractivity contribution < 1.29 is 14.3 Å². The average molecular weight is 582 g/mol. The Morgan fingerprint density at radius 3 is 2.35 bits per heavy atom. The van der Waals surface area contributed by atoms with Crippen LogP contribution in [-0.2, 0) is 16.8 Å². The van der Waals surface area contributed by atoms with Crippen LogP contribution in [0.15, 0.2) is 60.8 Å². The maximum Gasteiger partial charge on any atom is 0.324 e. The van der Waals surface area contributed by atoms with Crippen LogP contribution in [0.25, 0.3) is 5.69 Å². The first kappa shape index (κ1) is 28.9. The van der Waals surface area contributed by atoms with Crippen molar-refractivity contribution in [1.29, 1.82) is 0 Å². The number of amides is 3. The van der Waals surface area contributed by atoms with Gasteiger partial charge in [0.1, 0.15) is 29.0 Å². The van der Waals surface area contributed by atoms with E-state index in [-0.39, 0.29) is 28.0 Å². The van der Waals surface area contributed by atoms with Gasteiger partial charge in [-0.3, -0.25) is 10.1 Å². The highest BCUT2D eigenvalue weighted by atomic mass is 35.5. The van der Waals surface area contributed by atoms with Gasteiger partial charge < -0.3 is 15.4 Å². The van der Waals surface area contributed by atoms with Gasteiger partial charge in [0.15, 0.2) is 0 Å². The van der Waals surface area contributed by atoms with Crippen molar-refractivity contribution in [3.05, 3.63) is 87.7 Å². The summed E-state index contributed by atoms with van der Waals surface area (Å²) in [5.74, 6) is 1.04. The molecule has 0 radical (unpaired) electrons. The average Bonchev–Trinajstić information content (AvgIpc) is 3.31. The standard InChI is InChI=1S/C29H30Cl2N6O3/c1-17-6-8-20(9-7-17)37-25(15-23(36-37)29(3,4)5)35-28(39)34-21-10-11-22(27(31)26(21)30)40-16-19-12-13-32-24(14-19)33-18(2)38/h6-15H,16H2,1-5H3,(H,32,33,38)(H2,34,35,39). The van der Waals surface area contributed by atoms with Crippen molar-refractivity contribution >= 4 is 52.5 Å². The Morgan fingerprint density at radius 1 is 0.950 bits per heavy atom. The largest absolute Gasteiger partial charge is 0.487 e. The molecule has 0 fully saturated rings. The van der Waals surface area contributed by atoms with Crippen molar-refractivity contribution in [2.24, 2.45) is 0 Å². The van der Waals surface area contributed by atoms with E-state index in [0.717, 1.165) is 22.5 Å². The number of nitrogens with one attached hydrogen (secondary N) is 3. The molecule has 2 aromatic heterocycles. The quantitative estimate of drug-likeness (QED) is 0.211. The molecule has 0 aliphatic rings. The fourth-order valence-corrected chi connectivity index (χ4v) is 4.13. The second-order valence-electron chi connectivity index (χ2n) is 10.2. The minimum Gasteiger partial charge on any atom is -0.487 e. The van der Waals surface area contributed by atoms with Gasteiger partial charge in [-0.1, -0.05) is 61.7 Å². The molecule has 0 bridgehead atoms. The Balaban J connectivity index is 1.48. The van der Waals surface area contributed by atoms with Crippen LogP contribution < -0.4 is 20.7 Å². The zero-order valence-corrected chi connectivity index (χ0v) is 24.3. The minimum atomic E-state index is -0.511. The fourth-order valence-electron chi connectivity index (χ4n) is 3.70. The van der Waals surface area contributed by atoms with Crippen molar-refractivity contribution in [3.63, 3.8) is 0 Å². The van der Waals surface area contributed by atoms with E-state index in [4.69, 9.17) is 33.0 Å². The van der Waals surface area contributed by atoms with Gasteiger partial charge >= 0.3 is 6.03 Å². The number of hydrogen-bond acceptors (Lipinski definition) is 5. The number of halogens is 2. The predicted octanol–water partition coefficient (Wildman–Crippen LogP) is 7.36. The highest BCUT2D eigenvalue weighted by Gasteiger charge is 2.22. The molecule has 0 atom stereocenters. The van der Waals surface area contributed by atoms with Gasteiger partial charge in [0.2, 0.25) is 5.91 Å². The Bertz CT molecular complexity index is 1540. The number of carbonyl (C=O) groups excluding carboxylic acids is 2. The number of aromatic nitrogens is 3. The van der Waals surface area contributed by atoms with Crippen LogP contribution in [0.5, 0.6) is 5.75 Å². The zero-order valence-electron chi connectivity index (χ0n) is 22.8. The fraction of sp³-hybridized carbons (Fsp3) is 0.241. The third-order valence-corrected chi connectivity index (χ3v) is 6.68. The molecule has 3 amide bonds. The van der Waals surface area contributed by atoms with Crippen LogP contribution in [0.4, 0.5) is 22.1 Å². The third-order valence-electron chi connectivity index (χ3n) is 5.82. The van der Waals surface area contributed by atoms with E-state index in [2.05, 4.69) is 41.7 Å². The molecule has 208 valence electrons. The van der Waals surface area contributed by atoms with Gasteiger partial charge in [0.25, 0.3) is 0 Å². The van der Waals surface area contributed by atoms with E-state index in [1.54, 1.807) is 35.1 Å². The lowest BCUT2D eigenvalue weighted by atomic mass is 9.92. The number of benzene rings is 2. The van der Waals surface area contributed by atoms with Gasteiger partial charge in [0.05, 0.1) is 22.1 Å². The molecule has 2 aromatic carbocycles. The number of ether oxygens (including phenoxy) is 1. The molecule has 0 saturated carbocycles. The summed E-state index contributed by atoms with van der Waals surface area (Å²) in [5, 5.41) is 13.3. The molecule has 2 heterocycles. The van der Waals surface area contributed by atoms with E-state index in [1.165, 1.54) is 6.92 Å². The number of aryl methyl sites for hydroxylation is 1. The SMILES string of the molecule is CC(=O)Nc1cc(COc2ccc(NC(=O)Nc3cc(C(C)(C)C)nn3-c3ccc(C)cc3)c(Cl)c2Cl)ccn1. The van der Waals surface area contributed by atoms with Crippen LogP contribution >= 0.6 is 23.2 Å². The minimum absolute atomic E-state index is 0.130. The number of nitrogens with zero attached hydrogens (tertiary/aromatic N) is 3. The van der Waals surface area contributed by atoms with Gasteiger partial charge in [-0.2, -0.15) is 5.10 Å². The van der Waals surface area contributed by atoms with Crippen molar-refractivity contribution in [2.45, 2.75) is 46.6 Å². The first-order valence-corrected chi connectivity index (χ1v) is 13.2. The summed E-state index contributed by atoms with van der Waals surface area (Å²) < 4.78 is 7.53. The number of carbonyl (C=O) groups is 2. The Kier molecular flexibility index (Phi) is 8.66. The molecule has 40 heavy (non-hydrogen) atoms. The number of anilines is 3. The lowest BCUT2D eigenvalue weighted by molar-refractivity contribution is -0.114. The summed E-state index contributed by atoms with van der Waals surface area (Å²) in [4.78, 5) is 28.4. The molecular formula is C29H30Cl2N6O3. The smallest absolute Gasteiger partial charge is 0.324 e. The molecule has 11 heteroatoms. The van der Waals surface area contributed by atoms with Crippen molar-refractivity contribution in [1.82, 2.24) is 14.8 Å². The van der Waals surface area contributed by atoms with E-state index in [9.17, 15) is 9.59 Å². The Hall–Kier alpha value is -4.08. The summed E-state index contributed by atoms with van der Waals surface area (Å²) >= 11 is 13.0. The maximum atomic E-state index is 13.0. The lowest BCUT2D eigenvalue weighted by Crippen LogP contribution is -2.21. The van der Waals surface area contributed by atoms with Crippen LogP contribution in [0.3, 0.4) is 0 Å². The second-order valence-corrected chi connectivity index (χ2v) is 11.0. The summed E-state index contributed by atoms with van der Waals surface area (Å²) in [7, 11) is 0. The molecule has 9 nitrogen and oxygen atoms in total. The topological polar surface area (TPSA) is 110 Å². The molecule has 4 rings (SSSR count). The molecule has 0 aliphatic heterocycles. The second kappa shape index (κ2) is 12.0. The summed E-state index contributed by atoms with van der Waals surface area (Å²) in [6, 6.07) is 15.9. The molecule has 4 aromatic rings. The molecular weight excluding hydrogens is 551 g/mol. The number of rotatable bonds is 7. The Morgan fingerprint density at radius 2 is 1.68 bits per heavy atom. The first-order valence-electron chi connectivity index (χ1n) is 12.5. The van der Waals surface area contributed by atoms with Crippen LogP contribution in [0.1, 0.15) is 44.5 Å². The van der Waals surface area contributed by atoms with E-state index >= 15 is 0 Å². The van der Waals surface area contributed by atoms with E-state index in [0.29, 0.717) is 23.1 Å². The summed E-state index contributed by atoms with van der Waals surface area (Å²) in [6.45, 7) is 9.75. The highest BCUT2D eigenvalue weighted by molar-refractivity contribution is 6.45. The van der Waals surface area contributed by atoms with Gasteiger partial charge in [-0.25, -0.2) is 14.5 Å². The third kappa shape index (κ3) is 7.11. The number of urea groups is 1. The maximum absolute atomic E-state index is 13.0. The summed E-state index contributed by atoms with van der Waals surface area (Å²) in [6.07, 6.45) is 1.57. The number of hydrogen-bond donors (Lipinski definition) is 3. The molecule has 0 aliphatic carbocycles. The molecule has 0 spiro atoms. The van der Waals surface area contributed by atoms with Crippen LogP contribution in [0, 0.1) is 6.92 Å². The van der Waals surface area contributed by atoms with Crippen LogP contribution in [0.2, 0.25) is 10.0 Å². The highest BCUT2D eigenvalue weighted by Crippen LogP contribution is 2.38. The zero-order chi connectivity index (χ0) is 29.0. The predicted molar refractivity (Wildman–Crippen MR) is 159 cm³/mol. The normalized spacial score (nSPS) is 11.2. The van der Waals surface area contributed by atoms with E-state index < -0.39 is 6.03 Å². The van der Waals surface area contributed by atoms with Crippen molar-refractivity contribution in [2.75, 3.05) is 16.0 Å². The van der Waals surface area contributed by atoms with E-state index in [1.807, 2.05) is 37.3 Å². The van der Waals surface area contributed by atoms with Gasteiger partial charge in [0, 0.05) is 24.6 Å².